The van der Waals surface area contributed by atoms with E-state index in [0.717, 1.165) is 41.7 Å². The van der Waals surface area contributed by atoms with E-state index < -0.39 is 0 Å². The lowest BCUT2D eigenvalue weighted by Gasteiger charge is -2.20. The molecule has 0 radical (unpaired) electrons. The van der Waals surface area contributed by atoms with Crippen molar-refractivity contribution < 1.29 is 0 Å². The second-order valence-corrected chi connectivity index (χ2v) is 13.2. The normalized spacial score (nSPS) is 21.2. The van der Waals surface area contributed by atoms with E-state index in [9.17, 15) is 0 Å². The quantitative estimate of drug-likeness (QED) is 0.112. The Morgan fingerprint density at radius 1 is 0.811 bits per heavy atom. The van der Waals surface area contributed by atoms with Crippen LogP contribution in [0.2, 0.25) is 0 Å². The minimum absolute atomic E-state index is 0.0592. The Morgan fingerprint density at radius 3 is 2.47 bits per heavy atom. The Kier molecular flexibility index (Phi) is 11.3. The van der Waals surface area contributed by atoms with E-state index in [-0.39, 0.29) is 12.0 Å². The summed E-state index contributed by atoms with van der Waals surface area (Å²) < 4.78 is 0. The van der Waals surface area contributed by atoms with Gasteiger partial charge in [-0.3, -0.25) is 9.98 Å². The number of fused-ring (bicyclic) bond motifs is 4. The average Bonchev–Trinajstić information content (AvgIpc) is 3.19. The number of rotatable bonds is 9. The number of allylic oxidation sites excluding steroid dienone is 10. The van der Waals surface area contributed by atoms with Gasteiger partial charge in [-0.15, -0.1) is 6.58 Å². The summed E-state index contributed by atoms with van der Waals surface area (Å²) in [5, 5.41) is 2.51. The van der Waals surface area contributed by atoms with E-state index in [1.165, 1.54) is 38.6 Å². The predicted octanol–water partition coefficient (Wildman–Crippen LogP) is 11.7. The molecular formula is C50H43N3. The van der Waals surface area contributed by atoms with Crippen molar-refractivity contribution in [2.45, 2.75) is 25.3 Å². The van der Waals surface area contributed by atoms with Crippen LogP contribution in [0.5, 0.6) is 0 Å². The van der Waals surface area contributed by atoms with Crippen molar-refractivity contribution in [3.63, 3.8) is 0 Å². The summed E-state index contributed by atoms with van der Waals surface area (Å²) in [6.45, 7) is 8.28. The lowest BCUT2D eigenvalue weighted by molar-refractivity contribution is 0.696. The molecule has 0 saturated carbocycles. The molecule has 4 aromatic carbocycles. The fourth-order valence-corrected chi connectivity index (χ4v) is 6.92. The van der Waals surface area contributed by atoms with Gasteiger partial charge >= 0.3 is 0 Å². The van der Waals surface area contributed by atoms with Crippen LogP contribution in [0.25, 0.3) is 28.0 Å². The molecule has 7 rings (SSSR count). The van der Waals surface area contributed by atoms with Gasteiger partial charge in [0.2, 0.25) is 0 Å². The van der Waals surface area contributed by atoms with Crippen molar-refractivity contribution in [2.75, 3.05) is 0 Å². The number of nitrogens with zero attached hydrogens (tertiary/aromatic N) is 3. The lowest BCUT2D eigenvalue weighted by atomic mass is 9.90. The first-order valence-corrected chi connectivity index (χ1v) is 18.2. The summed E-state index contributed by atoms with van der Waals surface area (Å²) in [5.74, 6) is 0.611. The minimum atomic E-state index is -0.229. The first-order valence-electron chi connectivity index (χ1n) is 18.2. The standard InChI is InChI=1S/C50H43N3/c1-3-16-41(25-14-24-39-23-13-22-38-19-9-11-26-45(38)39)49-33-31-42(29-28-37-17-15-34-51-36-37)48(4-2)52-50(53-49)44-30-32-47-43(35-44)21-8-6-5-7-18-40-20-10-12-27-46(40)47/h3-17,19-20,22-23,25-36,42,48H,1-2,18,21,24H2/b7-5-,8-6-,25-14-,29-28+,33-31+,41-16+,52-50-,53-49+/t42-,48?/m0/s1. The van der Waals surface area contributed by atoms with E-state index in [0.29, 0.717) is 5.84 Å². The third-order valence-electron chi connectivity index (χ3n) is 9.64. The molecule has 1 aliphatic carbocycles. The van der Waals surface area contributed by atoms with Crippen LogP contribution < -0.4 is 0 Å². The lowest BCUT2D eigenvalue weighted by Crippen LogP contribution is -2.19. The summed E-state index contributed by atoms with van der Waals surface area (Å²) >= 11 is 0. The van der Waals surface area contributed by atoms with Crippen LogP contribution in [0.15, 0.2) is 211 Å². The van der Waals surface area contributed by atoms with Crippen LogP contribution in [-0.2, 0) is 19.3 Å². The Morgan fingerprint density at radius 2 is 1.62 bits per heavy atom. The fraction of sp³-hybridized carbons (Fsp3) is 0.100. The van der Waals surface area contributed by atoms with Crippen molar-refractivity contribution in [1.82, 2.24) is 4.98 Å². The molecule has 0 amide bonds. The van der Waals surface area contributed by atoms with E-state index in [2.05, 4.69) is 170 Å². The van der Waals surface area contributed by atoms with Crippen LogP contribution in [0.3, 0.4) is 0 Å². The zero-order valence-corrected chi connectivity index (χ0v) is 29.9. The van der Waals surface area contributed by atoms with E-state index in [1.807, 2.05) is 30.5 Å². The van der Waals surface area contributed by atoms with Crippen LogP contribution in [0, 0.1) is 5.92 Å². The van der Waals surface area contributed by atoms with Gasteiger partial charge in [-0.1, -0.05) is 164 Å². The second kappa shape index (κ2) is 17.2. The van der Waals surface area contributed by atoms with Crippen LogP contribution >= 0.6 is 0 Å². The highest BCUT2D eigenvalue weighted by Gasteiger charge is 2.20. The molecule has 1 aliphatic heterocycles. The third-order valence-corrected chi connectivity index (χ3v) is 9.64. The molecule has 1 unspecified atom stereocenters. The summed E-state index contributed by atoms with van der Waals surface area (Å²) in [5.41, 5.74) is 10.1. The van der Waals surface area contributed by atoms with Crippen LogP contribution in [0.1, 0.15) is 27.8 Å². The highest BCUT2D eigenvalue weighted by Crippen LogP contribution is 2.31. The van der Waals surface area contributed by atoms with Gasteiger partial charge in [0.25, 0.3) is 0 Å². The van der Waals surface area contributed by atoms with Gasteiger partial charge in [-0.05, 0) is 87.2 Å². The zero-order valence-electron chi connectivity index (χ0n) is 29.9. The number of benzene rings is 4. The maximum atomic E-state index is 5.33. The number of aliphatic imine (C=N–C) groups is 2. The monoisotopic (exact) mass is 685 g/mol. The summed E-state index contributed by atoms with van der Waals surface area (Å²) in [7, 11) is 0. The van der Waals surface area contributed by atoms with Crippen molar-refractivity contribution >= 4 is 28.4 Å². The number of pyridine rings is 1. The van der Waals surface area contributed by atoms with Crippen molar-refractivity contribution in [2.24, 2.45) is 15.9 Å². The van der Waals surface area contributed by atoms with Crippen LogP contribution in [-0.4, -0.2) is 22.6 Å². The highest BCUT2D eigenvalue weighted by atomic mass is 15.0. The molecule has 53 heavy (non-hydrogen) atoms. The molecule has 258 valence electrons. The average molecular weight is 686 g/mol. The van der Waals surface area contributed by atoms with Crippen LogP contribution in [0.4, 0.5) is 0 Å². The van der Waals surface area contributed by atoms with Gasteiger partial charge in [-0.25, -0.2) is 4.99 Å². The molecule has 2 heterocycles. The molecule has 3 heteroatoms. The van der Waals surface area contributed by atoms with Crippen molar-refractivity contribution in [1.29, 1.82) is 0 Å². The zero-order chi connectivity index (χ0) is 36.2. The maximum Gasteiger partial charge on any atom is 0.155 e. The molecule has 0 fully saturated rings. The number of amidine groups is 1. The number of hydrogen-bond acceptors (Lipinski definition) is 3. The molecular weight excluding hydrogens is 643 g/mol. The summed E-state index contributed by atoms with van der Waals surface area (Å²) in [4.78, 5) is 14.9. The topological polar surface area (TPSA) is 37.6 Å². The first kappa shape index (κ1) is 35.0. The Labute approximate surface area is 313 Å². The van der Waals surface area contributed by atoms with E-state index >= 15 is 0 Å². The van der Waals surface area contributed by atoms with E-state index in [4.69, 9.17) is 9.98 Å². The van der Waals surface area contributed by atoms with Crippen molar-refractivity contribution in [3.05, 3.63) is 229 Å². The molecule has 1 aromatic heterocycles. The minimum Gasteiger partial charge on any atom is -0.264 e. The number of hydrogen-bond donors (Lipinski definition) is 0. The predicted molar refractivity (Wildman–Crippen MR) is 226 cm³/mol. The Balaban J connectivity index is 1.31. The van der Waals surface area contributed by atoms with E-state index in [1.54, 1.807) is 6.20 Å². The molecule has 0 bridgehead atoms. The van der Waals surface area contributed by atoms with Gasteiger partial charge in [0.1, 0.15) is 0 Å². The third kappa shape index (κ3) is 8.54. The molecule has 0 spiro atoms. The second-order valence-electron chi connectivity index (χ2n) is 13.2. The van der Waals surface area contributed by atoms with Gasteiger partial charge in [0, 0.05) is 23.9 Å². The number of aromatic nitrogens is 1. The van der Waals surface area contributed by atoms with Crippen molar-refractivity contribution in [3.8, 4) is 11.1 Å². The SMILES string of the molecule is C=C/C=C(\C=C/Cc1cccc2ccccc12)C1=N/C(c2ccc3c(c2)C/C=C\C=C/Cc2ccccc2-3)=N\C(C=C)[C@@H](/C=C/c2cccnc2)\C=C\1. The Bertz CT molecular complexity index is 2360. The maximum absolute atomic E-state index is 5.33. The van der Waals surface area contributed by atoms with Gasteiger partial charge in [-0.2, -0.15) is 0 Å². The molecule has 0 saturated heterocycles. The summed E-state index contributed by atoms with van der Waals surface area (Å²) in [6, 6.07) is 34.2. The molecule has 2 aliphatic rings. The molecule has 2 atom stereocenters. The smallest absolute Gasteiger partial charge is 0.155 e. The molecule has 5 aromatic rings. The first-order chi connectivity index (χ1) is 26.2. The molecule has 0 N–H and O–H groups in total. The van der Waals surface area contributed by atoms with Gasteiger partial charge < -0.3 is 0 Å². The van der Waals surface area contributed by atoms with Gasteiger partial charge in [0.15, 0.2) is 5.84 Å². The Hall–Kier alpha value is -6.45. The highest BCUT2D eigenvalue weighted by molar-refractivity contribution is 6.18. The molecule has 3 nitrogen and oxygen atoms in total. The fourth-order valence-electron chi connectivity index (χ4n) is 6.92. The summed E-state index contributed by atoms with van der Waals surface area (Å²) in [6.07, 6.45) is 33.6. The largest absolute Gasteiger partial charge is 0.264 e. The van der Waals surface area contributed by atoms with Gasteiger partial charge in [0.05, 0.1) is 11.8 Å².